The summed E-state index contributed by atoms with van der Waals surface area (Å²) in [4.78, 5) is 0. The highest BCUT2D eigenvalue weighted by Gasteiger charge is 2.10. The average Bonchev–Trinajstić information content (AvgIpc) is 2.42. The molecule has 0 saturated carbocycles. The Hall–Kier alpha value is -1.46. The second kappa shape index (κ2) is 7.86. The van der Waals surface area contributed by atoms with Gasteiger partial charge in [-0.3, -0.25) is 0 Å². The zero-order valence-corrected chi connectivity index (χ0v) is 12.0. The van der Waals surface area contributed by atoms with Crippen LogP contribution in [0.5, 0.6) is 17.2 Å². The van der Waals surface area contributed by atoms with E-state index in [0.29, 0.717) is 29.8 Å². The summed E-state index contributed by atoms with van der Waals surface area (Å²) >= 11 is 0. The van der Waals surface area contributed by atoms with Crippen LogP contribution in [0.25, 0.3) is 0 Å². The molecule has 0 aliphatic heterocycles. The zero-order valence-electron chi connectivity index (χ0n) is 12.0. The molecule has 1 aromatic rings. The van der Waals surface area contributed by atoms with E-state index in [1.165, 1.54) is 0 Å². The first-order valence-corrected chi connectivity index (χ1v) is 6.33. The summed E-state index contributed by atoms with van der Waals surface area (Å²) in [6, 6.07) is 5.63. The van der Waals surface area contributed by atoms with Gasteiger partial charge in [-0.1, -0.05) is 13.8 Å². The van der Waals surface area contributed by atoms with Gasteiger partial charge in [-0.15, -0.1) is 0 Å². The molecule has 2 N–H and O–H groups in total. The van der Waals surface area contributed by atoms with Crippen LogP contribution in [0.4, 0.5) is 0 Å². The van der Waals surface area contributed by atoms with E-state index in [-0.39, 0.29) is 6.61 Å². The number of nitrogens with one attached hydrogen (secondary N) is 1. The summed E-state index contributed by atoms with van der Waals surface area (Å²) in [7, 11) is 3.16. The van der Waals surface area contributed by atoms with Crippen LogP contribution in [0.2, 0.25) is 0 Å². The first kappa shape index (κ1) is 15.6. The van der Waals surface area contributed by atoms with Crippen molar-refractivity contribution >= 4 is 0 Å². The smallest absolute Gasteiger partial charge is 0.164 e. The van der Waals surface area contributed by atoms with Gasteiger partial charge in [0.2, 0.25) is 0 Å². The fourth-order valence-electron chi connectivity index (χ4n) is 1.51. The Balaban J connectivity index is 2.52. The summed E-state index contributed by atoms with van der Waals surface area (Å²) in [6.07, 6.45) is -0.561. The quantitative estimate of drug-likeness (QED) is 0.748. The van der Waals surface area contributed by atoms with Crippen molar-refractivity contribution in [2.45, 2.75) is 26.0 Å². The third-order valence-electron chi connectivity index (χ3n) is 2.56. The van der Waals surface area contributed by atoms with Crippen molar-refractivity contribution in [1.82, 2.24) is 5.32 Å². The topological polar surface area (TPSA) is 60.0 Å². The van der Waals surface area contributed by atoms with Gasteiger partial charge in [-0.25, -0.2) is 0 Å². The molecule has 5 heteroatoms. The highest BCUT2D eigenvalue weighted by Crippen LogP contribution is 2.31. The van der Waals surface area contributed by atoms with Crippen LogP contribution >= 0.6 is 0 Å². The lowest BCUT2D eigenvalue weighted by atomic mass is 10.3. The van der Waals surface area contributed by atoms with E-state index in [0.717, 1.165) is 0 Å². The van der Waals surface area contributed by atoms with E-state index < -0.39 is 6.10 Å². The molecule has 1 rings (SSSR count). The maximum atomic E-state index is 9.77. The fourth-order valence-corrected chi connectivity index (χ4v) is 1.51. The van der Waals surface area contributed by atoms with E-state index in [4.69, 9.17) is 14.2 Å². The molecule has 0 saturated heterocycles. The minimum atomic E-state index is -0.561. The Morgan fingerprint density at radius 1 is 1.16 bits per heavy atom. The largest absolute Gasteiger partial charge is 0.497 e. The minimum Gasteiger partial charge on any atom is -0.497 e. The molecule has 0 heterocycles. The number of aliphatic hydroxyl groups excluding tert-OH is 1. The Bertz CT molecular complexity index is 382. The predicted octanol–water partition coefficient (Wildman–Crippen LogP) is 1.44. The van der Waals surface area contributed by atoms with E-state index in [1.807, 2.05) is 13.8 Å². The number of hydrogen-bond donors (Lipinski definition) is 2. The average molecular weight is 269 g/mol. The molecule has 1 unspecified atom stereocenters. The number of methoxy groups -OCH3 is 2. The van der Waals surface area contributed by atoms with Gasteiger partial charge in [-0.2, -0.15) is 0 Å². The van der Waals surface area contributed by atoms with Crippen molar-refractivity contribution in [1.29, 1.82) is 0 Å². The third kappa shape index (κ3) is 5.36. The second-order valence-corrected chi connectivity index (χ2v) is 4.54. The summed E-state index contributed by atoms with van der Waals surface area (Å²) in [5.74, 6) is 1.88. The summed E-state index contributed by atoms with van der Waals surface area (Å²) in [5.41, 5.74) is 0. The lowest BCUT2D eigenvalue weighted by molar-refractivity contribution is 0.103. The summed E-state index contributed by atoms with van der Waals surface area (Å²) < 4.78 is 15.9. The van der Waals surface area contributed by atoms with Gasteiger partial charge < -0.3 is 24.6 Å². The standard InChI is InChI=1S/C14H23NO4/c1-10(2)15-8-11(16)9-19-13-6-5-12(17-3)7-14(13)18-4/h5-7,10-11,15-16H,8-9H2,1-4H3. The van der Waals surface area contributed by atoms with Crippen LogP contribution in [0.15, 0.2) is 18.2 Å². The lowest BCUT2D eigenvalue weighted by Gasteiger charge is -2.16. The van der Waals surface area contributed by atoms with Crippen molar-refractivity contribution in [3.63, 3.8) is 0 Å². The molecule has 0 aliphatic rings. The van der Waals surface area contributed by atoms with E-state index in [1.54, 1.807) is 32.4 Å². The summed E-state index contributed by atoms with van der Waals surface area (Å²) in [6.45, 7) is 4.76. The molecule has 0 aromatic heterocycles. The Morgan fingerprint density at radius 3 is 2.47 bits per heavy atom. The van der Waals surface area contributed by atoms with Crippen LogP contribution in [-0.4, -0.2) is 44.6 Å². The second-order valence-electron chi connectivity index (χ2n) is 4.54. The zero-order chi connectivity index (χ0) is 14.3. The van der Waals surface area contributed by atoms with Gasteiger partial charge in [-0.05, 0) is 12.1 Å². The van der Waals surface area contributed by atoms with Gasteiger partial charge >= 0.3 is 0 Å². The fraction of sp³-hybridized carbons (Fsp3) is 0.571. The molecule has 0 amide bonds. The van der Waals surface area contributed by atoms with Crippen LogP contribution in [0, 0.1) is 0 Å². The van der Waals surface area contributed by atoms with E-state index in [2.05, 4.69) is 5.32 Å². The maximum absolute atomic E-state index is 9.77. The van der Waals surface area contributed by atoms with Crippen molar-refractivity contribution in [2.24, 2.45) is 0 Å². The van der Waals surface area contributed by atoms with E-state index >= 15 is 0 Å². The van der Waals surface area contributed by atoms with Crippen molar-refractivity contribution in [3.8, 4) is 17.2 Å². The number of rotatable bonds is 8. The van der Waals surface area contributed by atoms with Crippen LogP contribution < -0.4 is 19.5 Å². The Labute approximate surface area is 114 Å². The van der Waals surface area contributed by atoms with Crippen molar-refractivity contribution in [2.75, 3.05) is 27.4 Å². The molecule has 1 aromatic carbocycles. The molecule has 5 nitrogen and oxygen atoms in total. The highest BCUT2D eigenvalue weighted by atomic mass is 16.5. The van der Waals surface area contributed by atoms with Crippen LogP contribution in [-0.2, 0) is 0 Å². The van der Waals surface area contributed by atoms with Crippen LogP contribution in [0.1, 0.15) is 13.8 Å². The molecular formula is C14H23NO4. The molecular weight excluding hydrogens is 246 g/mol. The molecule has 19 heavy (non-hydrogen) atoms. The van der Waals surface area contributed by atoms with Crippen molar-refractivity contribution < 1.29 is 19.3 Å². The lowest BCUT2D eigenvalue weighted by Crippen LogP contribution is -2.35. The molecule has 0 bridgehead atoms. The molecule has 0 radical (unpaired) electrons. The molecule has 0 fully saturated rings. The highest BCUT2D eigenvalue weighted by molar-refractivity contribution is 5.45. The maximum Gasteiger partial charge on any atom is 0.164 e. The normalized spacial score (nSPS) is 12.3. The minimum absolute atomic E-state index is 0.211. The molecule has 0 aliphatic carbocycles. The first-order chi connectivity index (χ1) is 9.06. The molecule has 0 spiro atoms. The van der Waals surface area contributed by atoms with Crippen LogP contribution in [0.3, 0.4) is 0 Å². The van der Waals surface area contributed by atoms with Gasteiger partial charge in [0.25, 0.3) is 0 Å². The Morgan fingerprint density at radius 2 is 1.89 bits per heavy atom. The number of benzene rings is 1. The van der Waals surface area contributed by atoms with E-state index in [9.17, 15) is 5.11 Å². The predicted molar refractivity (Wildman–Crippen MR) is 74.2 cm³/mol. The monoisotopic (exact) mass is 269 g/mol. The molecule has 1 atom stereocenters. The van der Waals surface area contributed by atoms with Gasteiger partial charge in [0.05, 0.1) is 14.2 Å². The summed E-state index contributed by atoms with van der Waals surface area (Å²) in [5, 5.41) is 12.9. The molecule has 108 valence electrons. The third-order valence-corrected chi connectivity index (χ3v) is 2.56. The SMILES string of the molecule is COc1ccc(OCC(O)CNC(C)C)c(OC)c1. The van der Waals surface area contributed by atoms with Crippen molar-refractivity contribution in [3.05, 3.63) is 18.2 Å². The number of hydrogen-bond acceptors (Lipinski definition) is 5. The number of aliphatic hydroxyl groups is 1. The first-order valence-electron chi connectivity index (χ1n) is 6.33. The van der Waals surface area contributed by atoms with Gasteiger partial charge in [0.15, 0.2) is 11.5 Å². The van der Waals surface area contributed by atoms with Gasteiger partial charge in [0, 0.05) is 18.7 Å². The number of ether oxygens (including phenoxy) is 3. The Kier molecular flexibility index (Phi) is 6.45. The van der Waals surface area contributed by atoms with Gasteiger partial charge in [0.1, 0.15) is 18.5 Å².